The summed E-state index contributed by atoms with van der Waals surface area (Å²) in [6, 6.07) is -0.0830. The molecule has 0 bridgehead atoms. The Balaban J connectivity index is 2.14. The second-order valence-corrected chi connectivity index (χ2v) is 4.07. The van der Waals surface area contributed by atoms with E-state index in [9.17, 15) is 13.2 Å². The molecule has 2 rings (SSSR count). The number of alkyl halides is 3. The highest BCUT2D eigenvalue weighted by Crippen LogP contribution is 2.32. The number of hydrogen-bond donors (Lipinski definition) is 1. The Labute approximate surface area is 96.7 Å². The maximum absolute atomic E-state index is 12.4. The van der Waals surface area contributed by atoms with Crippen LogP contribution in [0.25, 0.3) is 0 Å². The summed E-state index contributed by atoms with van der Waals surface area (Å²) in [5, 5.41) is 0. The van der Waals surface area contributed by atoms with E-state index in [1.165, 1.54) is 17.3 Å². The number of anilines is 1. The van der Waals surface area contributed by atoms with Gasteiger partial charge in [-0.05, 0) is 12.8 Å². The predicted octanol–water partition coefficient (Wildman–Crippen LogP) is 1.47. The molecule has 0 saturated heterocycles. The molecule has 0 unspecified atom stereocenters. The molecule has 0 radical (unpaired) electrons. The van der Waals surface area contributed by atoms with Crippen LogP contribution < -0.4 is 10.6 Å². The first-order valence-corrected chi connectivity index (χ1v) is 5.34. The van der Waals surface area contributed by atoms with Gasteiger partial charge in [-0.25, -0.2) is 9.97 Å². The van der Waals surface area contributed by atoms with E-state index in [-0.39, 0.29) is 18.5 Å². The van der Waals surface area contributed by atoms with Crippen molar-refractivity contribution in [2.45, 2.75) is 31.6 Å². The third-order valence-corrected chi connectivity index (χ3v) is 2.52. The van der Waals surface area contributed by atoms with E-state index in [2.05, 4.69) is 9.97 Å². The van der Waals surface area contributed by atoms with E-state index in [1.54, 1.807) is 0 Å². The van der Waals surface area contributed by atoms with Crippen LogP contribution in [0.1, 0.15) is 18.4 Å². The van der Waals surface area contributed by atoms with Crippen LogP contribution in [0.5, 0.6) is 0 Å². The number of nitrogens with two attached hydrogens (primary N) is 1. The molecule has 1 saturated carbocycles. The van der Waals surface area contributed by atoms with Crippen LogP contribution in [-0.2, 0) is 6.54 Å². The van der Waals surface area contributed by atoms with Gasteiger partial charge >= 0.3 is 6.18 Å². The minimum absolute atomic E-state index is 0.0830. The first-order chi connectivity index (χ1) is 7.99. The van der Waals surface area contributed by atoms with Crippen molar-refractivity contribution in [3.8, 4) is 0 Å². The molecule has 17 heavy (non-hydrogen) atoms. The minimum atomic E-state index is -4.24. The molecular formula is C10H13F3N4. The zero-order valence-electron chi connectivity index (χ0n) is 9.11. The first kappa shape index (κ1) is 12.1. The summed E-state index contributed by atoms with van der Waals surface area (Å²) < 4.78 is 37.2. The summed E-state index contributed by atoms with van der Waals surface area (Å²) in [6.07, 6.45) is 0.219. The molecule has 2 N–H and O–H groups in total. The van der Waals surface area contributed by atoms with Crippen LogP contribution in [0.3, 0.4) is 0 Å². The molecule has 0 amide bonds. The monoisotopic (exact) mass is 246 g/mol. The number of nitrogens with zero attached hydrogens (tertiary/aromatic N) is 3. The second kappa shape index (κ2) is 4.48. The fourth-order valence-corrected chi connectivity index (χ4v) is 1.54. The van der Waals surface area contributed by atoms with Gasteiger partial charge in [0.2, 0.25) is 5.95 Å². The largest absolute Gasteiger partial charge is 0.406 e. The molecule has 0 aliphatic heterocycles. The summed E-state index contributed by atoms with van der Waals surface area (Å²) in [6.45, 7) is -0.720. The molecule has 1 heterocycles. The normalized spacial score (nSPS) is 16.0. The van der Waals surface area contributed by atoms with Gasteiger partial charge in [0.05, 0.1) is 0 Å². The quantitative estimate of drug-likeness (QED) is 0.874. The fourth-order valence-electron chi connectivity index (χ4n) is 1.54. The number of aromatic nitrogens is 2. The molecule has 1 aromatic rings. The van der Waals surface area contributed by atoms with E-state index < -0.39 is 12.7 Å². The lowest BCUT2D eigenvalue weighted by Gasteiger charge is -2.23. The van der Waals surface area contributed by atoms with Crippen LogP contribution in [0.15, 0.2) is 12.4 Å². The Morgan fingerprint density at radius 2 is 1.88 bits per heavy atom. The standard InChI is InChI=1S/C10H13F3N4/c11-10(12,13)6-17(8-1-2-8)9-15-4-7(3-14)5-16-9/h4-5,8H,1-3,6,14H2. The molecule has 0 spiro atoms. The van der Waals surface area contributed by atoms with E-state index in [0.29, 0.717) is 5.56 Å². The van der Waals surface area contributed by atoms with Crippen LogP contribution in [-0.4, -0.2) is 28.7 Å². The Morgan fingerprint density at radius 1 is 1.29 bits per heavy atom. The van der Waals surface area contributed by atoms with Crippen LogP contribution in [0.2, 0.25) is 0 Å². The van der Waals surface area contributed by atoms with Crippen molar-refractivity contribution in [3.63, 3.8) is 0 Å². The molecule has 1 aromatic heterocycles. The van der Waals surface area contributed by atoms with Gasteiger partial charge in [-0.3, -0.25) is 0 Å². The van der Waals surface area contributed by atoms with Crippen molar-refractivity contribution in [3.05, 3.63) is 18.0 Å². The van der Waals surface area contributed by atoms with Gasteiger partial charge in [0, 0.05) is 30.5 Å². The predicted molar refractivity (Wildman–Crippen MR) is 56.3 cm³/mol. The molecule has 1 fully saturated rings. The van der Waals surface area contributed by atoms with Crippen molar-refractivity contribution in [1.82, 2.24) is 9.97 Å². The van der Waals surface area contributed by atoms with Gasteiger partial charge < -0.3 is 10.6 Å². The van der Waals surface area contributed by atoms with Crippen molar-refractivity contribution >= 4 is 5.95 Å². The van der Waals surface area contributed by atoms with Gasteiger partial charge in [-0.15, -0.1) is 0 Å². The third kappa shape index (κ3) is 3.29. The highest BCUT2D eigenvalue weighted by atomic mass is 19.4. The van der Waals surface area contributed by atoms with Gasteiger partial charge in [0.1, 0.15) is 6.54 Å². The molecule has 1 aliphatic carbocycles. The maximum atomic E-state index is 12.4. The smallest absolute Gasteiger partial charge is 0.329 e. The van der Waals surface area contributed by atoms with E-state index >= 15 is 0 Å². The van der Waals surface area contributed by atoms with Crippen LogP contribution >= 0.6 is 0 Å². The second-order valence-electron chi connectivity index (χ2n) is 4.07. The molecular weight excluding hydrogens is 233 g/mol. The van der Waals surface area contributed by atoms with Crippen molar-refractivity contribution in [2.24, 2.45) is 5.73 Å². The SMILES string of the molecule is NCc1cnc(N(CC(F)(F)F)C2CC2)nc1. The van der Waals surface area contributed by atoms with Crippen molar-refractivity contribution in [1.29, 1.82) is 0 Å². The number of halogens is 3. The average molecular weight is 246 g/mol. The van der Waals surface area contributed by atoms with Crippen molar-refractivity contribution < 1.29 is 13.2 Å². The Morgan fingerprint density at radius 3 is 2.29 bits per heavy atom. The van der Waals surface area contributed by atoms with Crippen LogP contribution in [0.4, 0.5) is 19.1 Å². The zero-order valence-corrected chi connectivity index (χ0v) is 9.11. The molecule has 0 atom stereocenters. The molecule has 0 aromatic carbocycles. The highest BCUT2D eigenvalue weighted by Gasteiger charge is 2.39. The lowest BCUT2D eigenvalue weighted by Crippen LogP contribution is -2.37. The fraction of sp³-hybridized carbons (Fsp3) is 0.600. The number of rotatable bonds is 4. The lowest BCUT2D eigenvalue weighted by molar-refractivity contribution is -0.120. The Bertz CT molecular complexity index is 372. The average Bonchev–Trinajstić information content (AvgIpc) is 3.09. The summed E-state index contributed by atoms with van der Waals surface area (Å²) in [7, 11) is 0. The van der Waals surface area contributed by atoms with Gasteiger partial charge in [-0.2, -0.15) is 13.2 Å². The van der Waals surface area contributed by atoms with E-state index in [4.69, 9.17) is 5.73 Å². The molecule has 4 nitrogen and oxygen atoms in total. The molecule has 1 aliphatic rings. The lowest BCUT2D eigenvalue weighted by atomic mass is 10.3. The summed E-state index contributed by atoms with van der Waals surface area (Å²) in [5.74, 6) is 0.127. The minimum Gasteiger partial charge on any atom is -0.329 e. The third-order valence-electron chi connectivity index (χ3n) is 2.52. The molecule has 94 valence electrons. The van der Waals surface area contributed by atoms with Gasteiger partial charge in [0.25, 0.3) is 0 Å². The highest BCUT2D eigenvalue weighted by molar-refractivity contribution is 5.34. The first-order valence-electron chi connectivity index (χ1n) is 5.34. The van der Waals surface area contributed by atoms with Gasteiger partial charge in [0.15, 0.2) is 0 Å². The summed E-state index contributed by atoms with van der Waals surface area (Å²) in [4.78, 5) is 9.07. The summed E-state index contributed by atoms with van der Waals surface area (Å²) in [5.41, 5.74) is 6.08. The number of hydrogen-bond acceptors (Lipinski definition) is 4. The summed E-state index contributed by atoms with van der Waals surface area (Å²) >= 11 is 0. The molecule has 7 heteroatoms. The van der Waals surface area contributed by atoms with Crippen molar-refractivity contribution in [2.75, 3.05) is 11.4 Å². The topological polar surface area (TPSA) is 55.0 Å². The van der Waals surface area contributed by atoms with E-state index in [0.717, 1.165) is 12.8 Å². The Kier molecular flexibility index (Phi) is 3.19. The van der Waals surface area contributed by atoms with Crippen LogP contribution in [0, 0.1) is 0 Å². The van der Waals surface area contributed by atoms with E-state index in [1.807, 2.05) is 0 Å². The Hall–Kier alpha value is -1.37. The zero-order chi connectivity index (χ0) is 12.5. The van der Waals surface area contributed by atoms with Gasteiger partial charge in [-0.1, -0.05) is 0 Å². The maximum Gasteiger partial charge on any atom is 0.406 e.